The van der Waals surface area contributed by atoms with Gasteiger partial charge in [-0.05, 0) is 29.8 Å². The number of rotatable bonds is 4. The van der Waals surface area contributed by atoms with E-state index in [1.807, 2.05) is 60.4 Å². The topological polar surface area (TPSA) is 43.1 Å². The van der Waals surface area contributed by atoms with Crippen LogP contribution in [-0.2, 0) is 13.6 Å². The molecule has 0 fully saturated rings. The third-order valence-corrected chi connectivity index (χ3v) is 3.88. The van der Waals surface area contributed by atoms with Crippen LogP contribution < -0.4 is 0 Å². The van der Waals surface area contributed by atoms with Gasteiger partial charge in [0.2, 0.25) is 0 Å². The lowest BCUT2D eigenvalue weighted by Gasteiger charge is -2.18. The van der Waals surface area contributed by atoms with Gasteiger partial charge in [0.15, 0.2) is 0 Å². The molecule has 3 aromatic rings. The van der Waals surface area contributed by atoms with Gasteiger partial charge in [-0.25, -0.2) is 0 Å². The summed E-state index contributed by atoms with van der Waals surface area (Å²) in [7, 11) is 3.60. The van der Waals surface area contributed by atoms with Gasteiger partial charge in [0.25, 0.3) is 5.91 Å². The summed E-state index contributed by atoms with van der Waals surface area (Å²) in [4.78, 5) is 14.5. The van der Waals surface area contributed by atoms with Gasteiger partial charge in [0.1, 0.15) is 11.4 Å². The number of aryl methyl sites for hydroxylation is 1. The monoisotopic (exact) mass is 328 g/mol. The summed E-state index contributed by atoms with van der Waals surface area (Å²) in [5, 5.41) is 4.89. The van der Waals surface area contributed by atoms with Gasteiger partial charge in [-0.2, -0.15) is 5.10 Å². The number of carbonyl (C=O) groups is 1. The summed E-state index contributed by atoms with van der Waals surface area (Å²) in [6.07, 6.45) is 5.39. The van der Waals surface area contributed by atoms with Gasteiger partial charge in [0.05, 0.1) is 6.20 Å². The Balaban J connectivity index is 1.86. The Labute approximate surface area is 139 Å². The van der Waals surface area contributed by atoms with Crippen molar-refractivity contribution < 1.29 is 4.79 Å². The first kappa shape index (κ1) is 15.4. The molecule has 1 aromatic carbocycles. The first-order valence-electron chi connectivity index (χ1n) is 7.21. The van der Waals surface area contributed by atoms with Gasteiger partial charge in [-0.15, -0.1) is 0 Å². The molecule has 0 bridgehead atoms. The highest BCUT2D eigenvalue weighted by atomic mass is 35.5. The summed E-state index contributed by atoms with van der Waals surface area (Å²) in [5.41, 5.74) is 1.55. The molecule has 3 rings (SSSR count). The SMILES string of the molecule is CN(Cc1cccc(Cl)c1)C(=O)c1cnn(C)c1-n1cccc1. The van der Waals surface area contributed by atoms with E-state index in [0.29, 0.717) is 17.1 Å². The van der Waals surface area contributed by atoms with Crippen molar-refractivity contribution in [3.05, 3.63) is 71.1 Å². The summed E-state index contributed by atoms with van der Waals surface area (Å²) >= 11 is 6.00. The fraction of sp³-hybridized carbons (Fsp3) is 0.176. The highest BCUT2D eigenvalue weighted by Gasteiger charge is 2.20. The van der Waals surface area contributed by atoms with Gasteiger partial charge in [0, 0.05) is 38.1 Å². The Morgan fingerprint density at radius 1 is 1.26 bits per heavy atom. The molecule has 0 radical (unpaired) electrons. The molecular formula is C17H17ClN4O. The Morgan fingerprint density at radius 3 is 2.70 bits per heavy atom. The Bertz CT molecular complexity index is 823. The lowest BCUT2D eigenvalue weighted by Crippen LogP contribution is -2.27. The molecule has 0 spiro atoms. The molecule has 0 N–H and O–H groups in total. The maximum atomic E-state index is 12.8. The van der Waals surface area contributed by atoms with Crippen molar-refractivity contribution in [2.24, 2.45) is 7.05 Å². The predicted molar refractivity (Wildman–Crippen MR) is 89.8 cm³/mol. The number of nitrogens with zero attached hydrogens (tertiary/aromatic N) is 4. The van der Waals surface area contributed by atoms with E-state index < -0.39 is 0 Å². The van der Waals surface area contributed by atoms with Crippen LogP contribution in [0.15, 0.2) is 55.0 Å². The Kier molecular flexibility index (Phi) is 4.21. The van der Waals surface area contributed by atoms with E-state index in [4.69, 9.17) is 11.6 Å². The number of hydrogen-bond acceptors (Lipinski definition) is 2. The lowest BCUT2D eigenvalue weighted by molar-refractivity contribution is 0.0785. The molecule has 0 saturated heterocycles. The van der Waals surface area contributed by atoms with E-state index in [0.717, 1.165) is 11.4 Å². The number of amides is 1. The fourth-order valence-electron chi connectivity index (χ4n) is 2.55. The maximum absolute atomic E-state index is 12.8. The Hall–Kier alpha value is -2.53. The number of benzene rings is 1. The van der Waals surface area contributed by atoms with Gasteiger partial charge in [-0.1, -0.05) is 23.7 Å². The van der Waals surface area contributed by atoms with Crippen molar-refractivity contribution in [1.82, 2.24) is 19.2 Å². The van der Waals surface area contributed by atoms with Crippen LogP contribution in [0.4, 0.5) is 0 Å². The second kappa shape index (κ2) is 6.30. The van der Waals surface area contributed by atoms with Crippen molar-refractivity contribution >= 4 is 17.5 Å². The standard InChI is InChI=1S/C17H17ClN4O/c1-20(12-13-6-5-7-14(18)10-13)17(23)15-11-19-21(2)16(15)22-8-3-4-9-22/h3-11H,12H2,1-2H3. The molecule has 0 aliphatic rings. The molecule has 0 aliphatic carbocycles. The summed E-state index contributed by atoms with van der Waals surface area (Å²) < 4.78 is 3.58. The predicted octanol–water partition coefficient (Wildman–Crippen LogP) is 3.14. The van der Waals surface area contributed by atoms with Crippen LogP contribution in [0.3, 0.4) is 0 Å². The van der Waals surface area contributed by atoms with Crippen LogP contribution in [0.1, 0.15) is 15.9 Å². The highest BCUT2D eigenvalue weighted by Crippen LogP contribution is 2.18. The first-order chi connectivity index (χ1) is 11.1. The summed E-state index contributed by atoms with van der Waals surface area (Å²) in [5.74, 6) is 0.666. The Morgan fingerprint density at radius 2 is 2.00 bits per heavy atom. The van der Waals surface area contributed by atoms with Crippen LogP contribution in [-0.4, -0.2) is 32.2 Å². The van der Waals surface area contributed by atoms with Crippen LogP contribution >= 0.6 is 11.6 Å². The molecule has 0 atom stereocenters. The molecule has 0 unspecified atom stereocenters. The second-order valence-corrected chi connectivity index (χ2v) is 5.82. The van der Waals surface area contributed by atoms with Crippen LogP contribution in [0.25, 0.3) is 5.82 Å². The van der Waals surface area contributed by atoms with Crippen LogP contribution in [0.2, 0.25) is 5.02 Å². The first-order valence-corrected chi connectivity index (χ1v) is 7.59. The molecule has 23 heavy (non-hydrogen) atoms. The maximum Gasteiger partial charge on any atom is 0.259 e. The lowest BCUT2D eigenvalue weighted by atomic mass is 10.2. The average Bonchev–Trinajstić information content (AvgIpc) is 3.15. The number of halogens is 1. The van der Waals surface area contributed by atoms with Crippen molar-refractivity contribution in [1.29, 1.82) is 0 Å². The number of carbonyl (C=O) groups excluding carboxylic acids is 1. The molecule has 0 aliphatic heterocycles. The molecule has 5 nitrogen and oxygen atoms in total. The van der Waals surface area contributed by atoms with E-state index >= 15 is 0 Å². The third-order valence-electron chi connectivity index (χ3n) is 3.64. The molecule has 2 aromatic heterocycles. The highest BCUT2D eigenvalue weighted by molar-refractivity contribution is 6.30. The average molecular weight is 329 g/mol. The van der Waals surface area contributed by atoms with E-state index in [1.54, 1.807) is 22.8 Å². The van der Waals surface area contributed by atoms with Crippen molar-refractivity contribution in [3.63, 3.8) is 0 Å². The minimum Gasteiger partial charge on any atom is -0.337 e. The minimum atomic E-state index is -0.0817. The summed E-state index contributed by atoms with van der Waals surface area (Å²) in [6.45, 7) is 0.486. The fourth-order valence-corrected chi connectivity index (χ4v) is 2.76. The summed E-state index contributed by atoms with van der Waals surface area (Å²) in [6, 6.07) is 11.3. The molecule has 2 heterocycles. The van der Waals surface area contributed by atoms with E-state index in [2.05, 4.69) is 5.10 Å². The smallest absolute Gasteiger partial charge is 0.259 e. The molecular weight excluding hydrogens is 312 g/mol. The molecule has 1 amide bonds. The zero-order valence-electron chi connectivity index (χ0n) is 13.0. The van der Waals surface area contributed by atoms with Crippen LogP contribution in [0, 0.1) is 0 Å². The van der Waals surface area contributed by atoms with Gasteiger partial charge >= 0.3 is 0 Å². The largest absolute Gasteiger partial charge is 0.337 e. The zero-order valence-corrected chi connectivity index (χ0v) is 13.7. The van der Waals surface area contributed by atoms with Crippen LogP contribution in [0.5, 0.6) is 0 Å². The van der Waals surface area contributed by atoms with Crippen molar-refractivity contribution in [3.8, 4) is 5.82 Å². The van der Waals surface area contributed by atoms with E-state index in [9.17, 15) is 4.79 Å². The van der Waals surface area contributed by atoms with E-state index in [-0.39, 0.29) is 5.91 Å². The molecule has 118 valence electrons. The zero-order chi connectivity index (χ0) is 16.4. The van der Waals surface area contributed by atoms with Crippen molar-refractivity contribution in [2.45, 2.75) is 6.54 Å². The van der Waals surface area contributed by atoms with E-state index in [1.165, 1.54) is 0 Å². The molecule has 6 heteroatoms. The van der Waals surface area contributed by atoms with Gasteiger partial charge < -0.3 is 9.47 Å². The quantitative estimate of drug-likeness (QED) is 0.738. The van der Waals surface area contributed by atoms with Gasteiger partial charge in [-0.3, -0.25) is 9.48 Å². The molecule has 0 saturated carbocycles. The number of aromatic nitrogens is 3. The van der Waals surface area contributed by atoms with Crippen molar-refractivity contribution in [2.75, 3.05) is 7.05 Å². The third kappa shape index (κ3) is 3.14. The second-order valence-electron chi connectivity index (χ2n) is 5.39. The number of hydrogen-bond donors (Lipinski definition) is 0. The normalized spacial score (nSPS) is 10.7. The minimum absolute atomic E-state index is 0.0817.